The molecule has 156 valence electrons. The monoisotopic (exact) mass is 410 g/mol. The van der Waals surface area contributed by atoms with E-state index in [2.05, 4.69) is 17.2 Å². The third kappa shape index (κ3) is 7.38. The van der Waals surface area contributed by atoms with E-state index in [1.807, 2.05) is 18.2 Å². The van der Waals surface area contributed by atoms with Crippen LogP contribution in [0.15, 0.2) is 30.3 Å². The zero-order valence-corrected chi connectivity index (χ0v) is 17.4. The van der Waals surface area contributed by atoms with Crippen LogP contribution in [0.4, 0.5) is 0 Å². The average Bonchev–Trinajstić information content (AvgIpc) is 2.82. The quantitative estimate of drug-likeness (QED) is 0.429. The summed E-state index contributed by atoms with van der Waals surface area (Å²) in [6.45, 7) is 2.17. The van der Waals surface area contributed by atoms with Crippen LogP contribution in [0.3, 0.4) is 0 Å². The van der Waals surface area contributed by atoms with Crippen LogP contribution < -0.4 is 5.09 Å². The largest absolute Gasteiger partial charge is 0.480 e. The van der Waals surface area contributed by atoms with Crippen molar-refractivity contribution in [1.29, 1.82) is 0 Å². The Kier molecular flexibility index (Phi) is 9.16. The van der Waals surface area contributed by atoms with E-state index in [1.54, 1.807) is 6.92 Å². The molecule has 0 spiro atoms. The molecule has 7 nitrogen and oxygen atoms in total. The van der Waals surface area contributed by atoms with Gasteiger partial charge in [-0.05, 0) is 51.0 Å². The predicted octanol–water partition coefficient (Wildman–Crippen LogP) is 3.29. The molecule has 2 atom stereocenters. The molecular formula is C20H31N2O5P. The van der Waals surface area contributed by atoms with Gasteiger partial charge in [-0.3, -0.25) is 14.2 Å². The van der Waals surface area contributed by atoms with Gasteiger partial charge in [0.1, 0.15) is 6.54 Å². The lowest BCUT2D eigenvalue weighted by Crippen LogP contribution is -2.46. The van der Waals surface area contributed by atoms with E-state index in [0.29, 0.717) is 25.7 Å². The molecular weight excluding hydrogens is 379 g/mol. The zero-order chi connectivity index (χ0) is 20.4. The SMILES string of the molecule is CCOP(=O)(CCCCc1ccccc1)N[C@H]1CCCCN(CC(=O)O)C1=O. The van der Waals surface area contributed by atoms with Crippen LogP contribution in [-0.2, 0) is 25.1 Å². The van der Waals surface area contributed by atoms with Crippen molar-refractivity contribution in [2.45, 2.75) is 51.5 Å². The molecule has 28 heavy (non-hydrogen) atoms. The molecule has 0 bridgehead atoms. The molecule has 1 aliphatic heterocycles. The molecule has 1 fully saturated rings. The predicted molar refractivity (Wildman–Crippen MR) is 108 cm³/mol. The number of aryl methyl sites for hydroxylation is 1. The fourth-order valence-electron chi connectivity index (χ4n) is 3.45. The first-order chi connectivity index (χ1) is 13.4. The normalized spacial score (nSPS) is 19.8. The molecule has 8 heteroatoms. The summed E-state index contributed by atoms with van der Waals surface area (Å²) < 4.78 is 18.8. The van der Waals surface area contributed by atoms with Crippen molar-refractivity contribution in [1.82, 2.24) is 9.99 Å². The number of carboxylic acid groups (broad SMARTS) is 1. The first kappa shape index (κ1) is 22.6. The lowest BCUT2D eigenvalue weighted by atomic mass is 10.1. The van der Waals surface area contributed by atoms with Gasteiger partial charge in [-0.15, -0.1) is 0 Å². The molecule has 1 amide bonds. The molecule has 0 saturated carbocycles. The Morgan fingerprint density at radius 2 is 2.04 bits per heavy atom. The number of nitrogens with zero attached hydrogens (tertiary/aromatic N) is 1. The van der Waals surface area contributed by atoms with Crippen molar-refractivity contribution in [2.75, 3.05) is 25.9 Å². The number of nitrogens with one attached hydrogen (secondary N) is 1. The van der Waals surface area contributed by atoms with Crippen molar-refractivity contribution in [3.8, 4) is 0 Å². The highest BCUT2D eigenvalue weighted by Crippen LogP contribution is 2.44. The summed E-state index contributed by atoms with van der Waals surface area (Å²) in [4.78, 5) is 25.1. The maximum absolute atomic E-state index is 13.3. The molecule has 2 rings (SSSR count). The molecule has 2 N–H and O–H groups in total. The summed E-state index contributed by atoms with van der Waals surface area (Å²) >= 11 is 0. The number of hydrogen-bond donors (Lipinski definition) is 2. The molecule has 1 unspecified atom stereocenters. The van der Waals surface area contributed by atoms with E-state index in [-0.39, 0.29) is 12.5 Å². The standard InChI is InChI=1S/C20H31N2O5P/c1-2-27-28(26,15-9-7-12-17-10-4-3-5-11-17)21-18-13-6-8-14-22(20(18)25)16-19(23)24/h3-5,10-11,18H,2,6-9,12-16H2,1H3,(H,21,26)(H,23,24)/t18-,28?/m0/s1. The van der Waals surface area contributed by atoms with Crippen molar-refractivity contribution < 1.29 is 23.8 Å². The van der Waals surface area contributed by atoms with Crippen molar-refractivity contribution in [2.24, 2.45) is 0 Å². The molecule has 1 aliphatic rings. The summed E-state index contributed by atoms with van der Waals surface area (Å²) in [5.74, 6) is -1.34. The minimum Gasteiger partial charge on any atom is -0.480 e. The Morgan fingerprint density at radius 1 is 1.29 bits per heavy atom. The van der Waals surface area contributed by atoms with Gasteiger partial charge in [0.25, 0.3) is 7.52 Å². The minimum absolute atomic E-state index is 0.294. The number of benzene rings is 1. The Morgan fingerprint density at radius 3 is 2.71 bits per heavy atom. The fourth-order valence-corrected chi connectivity index (χ4v) is 5.56. The van der Waals surface area contributed by atoms with Crippen LogP contribution in [0.1, 0.15) is 44.6 Å². The second-order valence-electron chi connectivity index (χ2n) is 7.09. The molecule has 1 heterocycles. The zero-order valence-electron chi connectivity index (χ0n) is 16.5. The Labute approximate surface area is 167 Å². The molecule has 1 aromatic carbocycles. The molecule has 0 radical (unpaired) electrons. The molecule has 0 aliphatic carbocycles. The topological polar surface area (TPSA) is 95.9 Å². The number of likely N-dealkylation sites (tertiary alicyclic amines) is 1. The first-order valence-corrected chi connectivity index (χ1v) is 11.8. The second kappa shape index (κ2) is 11.3. The smallest absolute Gasteiger partial charge is 0.323 e. The van der Waals surface area contributed by atoms with Crippen LogP contribution in [0.2, 0.25) is 0 Å². The summed E-state index contributed by atoms with van der Waals surface area (Å²) in [6, 6.07) is 9.47. The van der Waals surface area contributed by atoms with Gasteiger partial charge in [-0.2, -0.15) is 0 Å². The number of carbonyl (C=O) groups is 2. The molecule has 0 aromatic heterocycles. The van der Waals surface area contributed by atoms with Gasteiger partial charge in [-0.25, -0.2) is 5.09 Å². The lowest BCUT2D eigenvalue weighted by Gasteiger charge is -2.27. The minimum atomic E-state index is -3.17. The number of carboxylic acids is 1. The highest BCUT2D eigenvalue weighted by molar-refractivity contribution is 7.56. The average molecular weight is 410 g/mol. The van der Waals surface area contributed by atoms with Crippen LogP contribution in [0.5, 0.6) is 0 Å². The second-order valence-corrected chi connectivity index (χ2v) is 9.40. The van der Waals surface area contributed by atoms with E-state index in [0.717, 1.165) is 32.1 Å². The number of carbonyl (C=O) groups excluding carboxylic acids is 1. The van der Waals surface area contributed by atoms with Crippen molar-refractivity contribution in [3.63, 3.8) is 0 Å². The lowest BCUT2D eigenvalue weighted by molar-refractivity contribution is -0.144. The van der Waals surface area contributed by atoms with Gasteiger partial charge in [0.05, 0.1) is 12.6 Å². The number of amides is 1. The number of rotatable bonds is 11. The highest BCUT2D eigenvalue weighted by atomic mass is 31.2. The Balaban J connectivity index is 1.93. The summed E-state index contributed by atoms with van der Waals surface area (Å²) in [6.07, 6.45) is 4.92. The first-order valence-electron chi connectivity index (χ1n) is 9.99. The van der Waals surface area contributed by atoms with Gasteiger partial charge in [0.2, 0.25) is 5.91 Å². The highest BCUT2D eigenvalue weighted by Gasteiger charge is 2.34. The van der Waals surface area contributed by atoms with E-state index in [9.17, 15) is 14.2 Å². The van der Waals surface area contributed by atoms with E-state index in [1.165, 1.54) is 10.5 Å². The van der Waals surface area contributed by atoms with Crippen molar-refractivity contribution >= 4 is 19.4 Å². The maximum atomic E-state index is 13.3. The van der Waals surface area contributed by atoms with Gasteiger partial charge >= 0.3 is 5.97 Å². The van der Waals surface area contributed by atoms with E-state index >= 15 is 0 Å². The maximum Gasteiger partial charge on any atom is 0.323 e. The summed E-state index contributed by atoms with van der Waals surface area (Å²) in [5.41, 5.74) is 1.24. The van der Waals surface area contributed by atoms with Crippen LogP contribution in [-0.4, -0.2) is 53.8 Å². The van der Waals surface area contributed by atoms with Gasteiger partial charge in [-0.1, -0.05) is 30.3 Å². The Bertz CT molecular complexity index is 682. The van der Waals surface area contributed by atoms with Gasteiger partial charge < -0.3 is 14.5 Å². The van der Waals surface area contributed by atoms with Gasteiger partial charge in [0.15, 0.2) is 0 Å². The summed E-state index contributed by atoms with van der Waals surface area (Å²) in [7, 11) is -3.17. The number of aliphatic carboxylic acids is 1. The third-order valence-corrected chi connectivity index (χ3v) is 7.09. The van der Waals surface area contributed by atoms with Crippen LogP contribution in [0.25, 0.3) is 0 Å². The number of hydrogen-bond acceptors (Lipinski definition) is 4. The van der Waals surface area contributed by atoms with Gasteiger partial charge in [0, 0.05) is 12.7 Å². The van der Waals surface area contributed by atoms with Crippen LogP contribution >= 0.6 is 7.52 Å². The molecule has 1 saturated heterocycles. The molecule has 1 aromatic rings. The van der Waals surface area contributed by atoms with Crippen LogP contribution in [0, 0.1) is 0 Å². The number of unbranched alkanes of at least 4 members (excludes halogenated alkanes) is 1. The van der Waals surface area contributed by atoms with E-state index in [4.69, 9.17) is 9.63 Å². The van der Waals surface area contributed by atoms with Crippen molar-refractivity contribution in [3.05, 3.63) is 35.9 Å². The fraction of sp³-hybridized carbons (Fsp3) is 0.600. The Hall–Kier alpha value is -1.69. The van der Waals surface area contributed by atoms with E-state index < -0.39 is 19.5 Å². The third-order valence-electron chi connectivity index (χ3n) is 4.81. The summed E-state index contributed by atoms with van der Waals surface area (Å²) in [5, 5.41) is 12.0.